The first kappa shape index (κ1) is 14.5. The molecule has 2 saturated heterocycles. The second-order valence-corrected chi connectivity index (χ2v) is 6.89. The number of carboxylic acids is 1. The second-order valence-electron chi connectivity index (χ2n) is 6.89. The van der Waals surface area contributed by atoms with E-state index < -0.39 is 17.4 Å². The Morgan fingerprint density at radius 2 is 2.00 bits per heavy atom. The van der Waals surface area contributed by atoms with Gasteiger partial charge in [0.1, 0.15) is 0 Å². The zero-order chi connectivity index (χ0) is 15.4. The highest BCUT2D eigenvalue weighted by Gasteiger charge is 2.54. The van der Waals surface area contributed by atoms with Crippen molar-refractivity contribution in [1.29, 1.82) is 0 Å². The van der Waals surface area contributed by atoms with Crippen molar-refractivity contribution in [3.63, 3.8) is 0 Å². The van der Waals surface area contributed by atoms with E-state index in [0.717, 1.165) is 12.8 Å². The molecule has 1 saturated carbocycles. The molecule has 2 aliphatic heterocycles. The van der Waals surface area contributed by atoms with Gasteiger partial charge >= 0.3 is 5.97 Å². The van der Waals surface area contributed by atoms with Gasteiger partial charge in [-0.1, -0.05) is 13.8 Å². The van der Waals surface area contributed by atoms with E-state index in [0.29, 0.717) is 19.5 Å². The highest BCUT2D eigenvalue weighted by Crippen LogP contribution is 2.41. The molecule has 2 atom stereocenters. The Morgan fingerprint density at radius 1 is 1.33 bits per heavy atom. The third-order valence-corrected chi connectivity index (χ3v) is 5.37. The lowest BCUT2D eigenvalue weighted by Crippen LogP contribution is -2.45. The summed E-state index contributed by atoms with van der Waals surface area (Å²) in [5.41, 5.74) is -0.795. The Labute approximate surface area is 124 Å². The Hall–Kier alpha value is -1.43. The normalized spacial score (nSPS) is 34.2. The van der Waals surface area contributed by atoms with Crippen LogP contribution in [0.4, 0.5) is 0 Å². The largest absolute Gasteiger partial charge is 0.481 e. The van der Waals surface area contributed by atoms with Crippen molar-refractivity contribution >= 4 is 17.8 Å². The zero-order valence-electron chi connectivity index (χ0n) is 12.5. The van der Waals surface area contributed by atoms with E-state index in [9.17, 15) is 19.5 Å². The van der Waals surface area contributed by atoms with Crippen LogP contribution in [0, 0.1) is 11.3 Å². The van der Waals surface area contributed by atoms with Gasteiger partial charge in [-0.25, -0.2) is 0 Å². The van der Waals surface area contributed by atoms with Gasteiger partial charge in [-0.2, -0.15) is 0 Å². The molecule has 116 valence electrons. The van der Waals surface area contributed by atoms with Gasteiger partial charge in [0, 0.05) is 19.1 Å². The highest BCUT2D eigenvalue weighted by molar-refractivity contribution is 6.06. The number of hydrogen-bond acceptors (Lipinski definition) is 4. The molecule has 0 bridgehead atoms. The lowest BCUT2D eigenvalue weighted by atomic mass is 9.76. The Kier molecular flexibility index (Phi) is 3.31. The summed E-state index contributed by atoms with van der Waals surface area (Å²) >= 11 is 0. The van der Waals surface area contributed by atoms with E-state index in [1.807, 2.05) is 18.7 Å². The molecule has 6 nitrogen and oxygen atoms in total. The number of aliphatic carboxylic acids is 1. The summed E-state index contributed by atoms with van der Waals surface area (Å²) in [6.07, 6.45) is 2.58. The molecule has 6 heteroatoms. The standard InChI is InChI=1S/C15H22N2O4/c1-9(2)15(14(20)21)5-6-16(8-15)11-7-12(18)17(13(11)19)10-3-4-10/h9-11H,3-8H2,1-2H3,(H,20,21). The molecule has 0 radical (unpaired) electrons. The summed E-state index contributed by atoms with van der Waals surface area (Å²) < 4.78 is 0. The number of amides is 2. The number of rotatable bonds is 4. The first-order chi connectivity index (χ1) is 9.86. The summed E-state index contributed by atoms with van der Waals surface area (Å²) in [5, 5.41) is 9.57. The molecule has 1 aliphatic carbocycles. The van der Waals surface area contributed by atoms with Crippen molar-refractivity contribution in [3.8, 4) is 0 Å². The minimum Gasteiger partial charge on any atom is -0.481 e. The van der Waals surface area contributed by atoms with Crippen LogP contribution in [0.1, 0.15) is 39.5 Å². The third kappa shape index (κ3) is 2.16. The average molecular weight is 294 g/mol. The number of carbonyl (C=O) groups excluding carboxylic acids is 2. The van der Waals surface area contributed by atoms with E-state index >= 15 is 0 Å². The molecule has 0 aromatic rings. The van der Waals surface area contributed by atoms with E-state index in [1.165, 1.54) is 4.90 Å². The first-order valence-electron chi connectivity index (χ1n) is 7.70. The number of hydrogen-bond donors (Lipinski definition) is 1. The van der Waals surface area contributed by atoms with Crippen LogP contribution in [0.15, 0.2) is 0 Å². The fourth-order valence-corrected chi connectivity index (χ4v) is 3.66. The van der Waals surface area contributed by atoms with Crippen molar-refractivity contribution in [3.05, 3.63) is 0 Å². The highest BCUT2D eigenvalue weighted by atomic mass is 16.4. The van der Waals surface area contributed by atoms with Gasteiger partial charge in [0.25, 0.3) is 0 Å². The fourth-order valence-electron chi connectivity index (χ4n) is 3.66. The number of nitrogens with zero attached hydrogens (tertiary/aromatic N) is 2. The molecule has 0 aromatic carbocycles. The van der Waals surface area contributed by atoms with Crippen molar-refractivity contribution < 1.29 is 19.5 Å². The maximum absolute atomic E-state index is 12.5. The third-order valence-electron chi connectivity index (χ3n) is 5.37. The first-order valence-corrected chi connectivity index (χ1v) is 7.70. The summed E-state index contributed by atoms with van der Waals surface area (Å²) in [5.74, 6) is -1.00. The van der Waals surface area contributed by atoms with E-state index in [1.54, 1.807) is 0 Å². The van der Waals surface area contributed by atoms with Crippen LogP contribution < -0.4 is 0 Å². The number of likely N-dealkylation sites (tertiary alicyclic amines) is 2. The SMILES string of the molecule is CC(C)C1(C(=O)O)CCN(C2CC(=O)N(C3CC3)C2=O)C1. The van der Waals surface area contributed by atoms with Gasteiger partial charge in [0.05, 0.1) is 17.9 Å². The summed E-state index contributed by atoms with van der Waals surface area (Å²) in [4.78, 5) is 39.5. The van der Waals surface area contributed by atoms with Gasteiger partial charge in [-0.3, -0.25) is 24.2 Å². The number of carboxylic acid groups (broad SMARTS) is 1. The van der Waals surface area contributed by atoms with Gasteiger partial charge in [0.2, 0.25) is 11.8 Å². The predicted octanol–water partition coefficient (Wildman–Crippen LogP) is 0.709. The summed E-state index contributed by atoms with van der Waals surface area (Å²) in [6.45, 7) is 4.76. The maximum Gasteiger partial charge on any atom is 0.311 e. The second kappa shape index (κ2) is 4.80. The van der Waals surface area contributed by atoms with Crippen LogP contribution in [-0.4, -0.2) is 57.9 Å². The van der Waals surface area contributed by atoms with Crippen molar-refractivity contribution in [2.75, 3.05) is 13.1 Å². The Bertz CT molecular complexity index is 500. The van der Waals surface area contributed by atoms with Crippen LogP contribution in [-0.2, 0) is 14.4 Å². The van der Waals surface area contributed by atoms with Crippen molar-refractivity contribution in [1.82, 2.24) is 9.80 Å². The molecule has 0 aromatic heterocycles. The minimum absolute atomic E-state index is 0.00624. The minimum atomic E-state index is -0.796. The predicted molar refractivity (Wildman–Crippen MR) is 74.4 cm³/mol. The summed E-state index contributed by atoms with van der Waals surface area (Å²) in [6, 6.07) is -0.343. The smallest absolute Gasteiger partial charge is 0.311 e. The summed E-state index contributed by atoms with van der Waals surface area (Å²) in [7, 11) is 0. The van der Waals surface area contributed by atoms with Crippen molar-refractivity contribution in [2.24, 2.45) is 11.3 Å². The van der Waals surface area contributed by atoms with Crippen LogP contribution >= 0.6 is 0 Å². The number of carbonyl (C=O) groups is 3. The van der Waals surface area contributed by atoms with E-state index in [2.05, 4.69) is 0 Å². The van der Waals surface area contributed by atoms with Gasteiger partial charge < -0.3 is 5.11 Å². The molecule has 1 N–H and O–H groups in total. The van der Waals surface area contributed by atoms with Gasteiger partial charge in [-0.05, 0) is 25.2 Å². The van der Waals surface area contributed by atoms with Gasteiger partial charge in [0.15, 0.2) is 0 Å². The van der Waals surface area contributed by atoms with Gasteiger partial charge in [-0.15, -0.1) is 0 Å². The van der Waals surface area contributed by atoms with E-state index in [-0.39, 0.29) is 30.2 Å². The lowest BCUT2D eigenvalue weighted by molar-refractivity contribution is -0.151. The fraction of sp³-hybridized carbons (Fsp3) is 0.800. The molecule has 2 amide bonds. The average Bonchev–Trinajstić information content (AvgIpc) is 3.04. The topological polar surface area (TPSA) is 77.9 Å². The molecule has 3 rings (SSSR count). The Balaban J connectivity index is 1.76. The molecule has 0 spiro atoms. The Morgan fingerprint density at radius 3 is 2.48 bits per heavy atom. The molecule has 2 unspecified atom stereocenters. The molecule has 3 aliphatic rings. The zero-order valence-corrected chi connectivity index (χ0v) is 12.5. The molecule has 3 fully saturated rings. The van der Waals surface area contributed by atoms with Crippen LogP contribution in [0.5, 0.6) is 0 Å². The molecule has 2 heterocycles. The van der Waals surface area contributed by atoms with E-state index in [4.69, 9.17) is 0 Å². The van der Waals surface area contributed by atoms with Crippen LogP contribution in [0.2, 0.25) is 0 Å². The number of imide groups is 1. The van der Waals surface area contributed by atoms with Crippen LogP contribution in [0.3, 0.4) is 0 Å². The monoisotopic (exact) mass is 294 g/mol. The lowest BCUT2D eigenvalue weighted by Gasteiger charge is -2.30. The van der Waals surface area contributed by atoms with Crippen LogP contribution in [0.25, 0.3) is 0 Å². The van der Waals surface area contributed by atoms with Crippen molar-refractivity contribution in [2.45, 2.75) is 51.6 Å². The maximum atomic E-state index is 12.5. The molecular weight excluding hydrogens is 272 g/mol. The molecular formula is C15H22N2O4. The quantitative estimate of drug-likeness (QED) is 0.773. The molecule has 21 heavy (non-hydrogen) atoms.